The average Bonchev–Trinajstić information content (AvgIpc) is 2.81. The van der Waals surface area contributed by atoms with Crippen molar-refractivity contribution in [3.63, 3.8) is 0 Å². The lowest BCUT2D eigenvalue weighted by atomic mass is 9.55. The van der Waals surface area contributed by atoms with Gasteiger partial charge in [-0.05, 0) is 85.0 Å². The highest BCUT2D eigenvalue weighted by Gasteiger charge is 2.54. The van der Waals surface area contributed by atoms with E-state index < -0.39 is 10.4 Å². The Balaban J connectivity index is 1.63. The molecule has 0 aromatic heterocycles. The van der Waals surface area contributed by atoms with Gasteiger partial charge >= 0.3 is 10.4 Å². The zero-order chi connectivity index (χ0) is 17.1. The minimum atomic E-state index is -4.48. The Morgan fingerprint density at radius 3 is 2.75 bits per heavy atom. The van der Waals surface area contributed by atoms with Crippen molar-refractivity contribution < 1.29 is 22.3 Å². The SMILES string of the molecule is C[C@]12CC[C@H]3c4ccc(OS(=O)(=O)O)cc4CC[C@H]3[C@@H]1CC[C@H]2O. The summed E-state index contributed by atoms with van der Waals surface area (Å²) in [4.78, 5) is 0. The molecule has 0 spiro atoms. The van der Waals surface area contributed by atoms with Gasteiger partial charge in [-0.3, -0.25) is 4.55 Å². The third-order valence-electron chi connectivity index (χ3n) is 6.85. The van der Waals surface area contributed by atoms with Crippen molar-refractivity contribution in [2.75, 3.05) is 0 Å². The van der Waals surface area contributed by atoms with Gasteiger partial charge in [0.25, 0.3) is 0 Å². The summed E-state index contributed by atoms with van der Waals surface area (Å²) in [5.41, 5.74) is 2.48. The fraction of sp³-hybridized carbons (Fsp3) is 0.667. The fourth-order valence-corrected chi connectivity index (χ4v) is 6.05. The van der Waals surface area contributed by atoms with Gasteiger partial charge in [0, 0.05) is 0 Å². The Morgan fingerprint density at radius 2 is 2.00 bits per heavy atom. The van der Waals surface area contributed by atoms with Gasteiger partial charge < -0.3 is 9.29 Å². The van der Waals surface area contributed by atoms with Crippen molar-refractivity contribution in [2.24, 2.45) is 17.3 Å². The normalized spacial score (nSPS) is 38.1. The van der Waals surface area contributed by atoms with Crippen LogP contribution in [0.4, 0.5) is 0 Å². The maximum Gasteiger partial charge on any atom is 0.446 e. The van der Waals surface area contributed by atoms with Crippen LogP contribution in [0.15, 0.2) is 18.2 Å². The Labute approximate surface area is 143 Å². The van der Waals surface area contributed by atoms with Crippen LogP contribution in [0.1, 0.15) is 56.1 Å². The van der Waals surface area contributed by atoms with Gasteiger partial charge in [-0.15, -0.1) is 0 Å². The molecule has 24 heavy (non-hydrogen) atoms. The third-order valence-corrected chi connectivity index (χ3v) is 7.25. The summed E-state index contributed by atoms with van der Waals surface area (Å²) in [7, 11) is -4.48. The number of aliphatic hydroxyl groups is 1. The van der Waals surface area contributed by atoms with Crippen molar-refractivity contribution in [2.45, 2.75) is 57.5 Å². The minimum absolute atomic E-state index is 0.0622. The van der Waals surface area contributed by atoms with Gasteiger partial charge in [-0.1, -0.05) is 13.0 Å². The average molecular weight is 352 g/mol. The van der Waals surface area contributed by atoms with Gasteiger partial charge in [-0.25, -0.2) is 0 Å². The van der Waals surface area contributed by atoms with E-state index in [-0.39, 0.29) is 17.3 Å². The zero-order valence-corrected chi connectivity index (χ0v) is 14.6. The molecule has 2 fully saturated rings. The number of benzene rings is 1. The summed E-state index contributed by atoms with van der Waals surface area (Å²) in [6, 6.07) is 5.34. The van der Waals surface area contributed by atoms with Crippen LogP contribution in [0, 0.1) is 17.3 Å². The number of fused-ring (bicyclic) bond motifs is 5. The number of hydrogen-bond acceptors (Lipinski definition) is 4. The summed E-state index contributed by atoms with van der Waals surface area (Å²) in [5, 5.41) is 10.4. The van der Waals surface area contributed by atoms with E-state index >= 15 is 0 Å². The fourth-order valence-electron chi connectivity index (χ4n) is 5.70. The Hall–Kier alpha value is -1.11. The van der Waals surface area contributed by atoms with Crippen molar-refractivity contribution in [3.05, 3.63) is 29.3 Å². The zero-order valence-electron chi connectivity index (χ0n) is 13.8. The van der Waals surface area contributed by atoms with E-state index in [2.05, 4.69) is 11.1 Å². The number of hydrogen-bond donors (Lipinski definition) is 2. The highest BCUT2D eigenvalue weighted by atomic mass is 32.3. The van der Waals surface area contributed by atoms with E-state index in [4.69, 9.17) is 4.55 Å². The van der Waals surface area contributed by atoms with Crippen LogP contribution in [-0.2, 0) is 16.8 Å². The van der Waals surface area contributed by atoms with Crippen LogP contribution < -0.4 is 4.18 Å². The second kappa shape index (κ2) is 5.44. The van der Waals surface area contributed by atoms with E-state index in [1.54, 1.807) is 12.1 Å². The predicted octanol–water partition coefficient (Wildman–Crippen LogP) is 3.09. The van der Waals surface area contributed by atoms with Gasteiger partial charge in [0.05, 0.1) is 6.10 Å². The third kappa shape index (κ3) is 2.55. The Bertz CT molecular complexity index is 759. The molecular weight excluding hydrogens is 328 g/mol. The summed E-state index contributed by atoms with van der Waals surface area (Å²) >= 11 is 0. The van der Waals surface area contributed by atoms with Crippen molar-refractivity contribution >= 4 is 10.4 Å². The molecule has 132 valence electrons. The molecule has 2 saturated carbocycles. The molecule has 0 heterocycles. The second-order valence-electron chi connectivity index (χ2n) is 7.92. The molecule has 0 unspecified atom stereocenters. The van der Waals surface area contributed by atoms with Gasteiger partial charge in [0.1, 0.15) is 5.75 Å². The molecule has 1 aromatic carbocycles. The number of rotatable bonds is 2. The standard InChI is InChI=1S/C18H24O5S/c1-18-9-8-14-13-5-3-12(23-24(20,21)22)10-11(13)2-4-15(14)16(18)6-7-17(18)19/h3,5,10,14-17,19H,2,4,6-9H2,1H3,(H,20,21,22)/t14-,15+,16-,17+,18-/m0/s1. The van der Waals surface area contributed by atoms with Crippen LogP contribution in [0.2, 0.25) is 0 Å². The molecule has 0 bridgehead atoms. The van der Waals surface area contributed by atoms with E-state index in [1.165, 1.54) is 5.56 Å². The monoisotopic (exact) mass is 352 g/mol. The molecular formula is C18H24O5S. The molecule has 3 aliphatic carbocycles. The first-order valence-corrected chi connectivity index (χ1v) is 10.1. The maximum absolute atomic E-state index is 10.9. The lowest BCUT2D eigenvalue weighted by Crippen LogP contribution is -2.43. The lowest BCUT2D eigenvalue weighted by molar-refractivity contribution is -0.0226. The summed E-state index contributed by atoms with van der Waals surface area (Å²) < 4.78 is 35.2. The summed E-state index contributed by atoms with van der Waals surface area (Å²) in [6.45, 7) is 2.25. The quantitative estimate of drug-likeness (QED) is 0.799. The van der Waals surface area contributed by atoms with Crippen LogP contribution >= 0.6 is 0 Å². The number of aryl methyl sites for hydroxylation is 1. The molecule has 1 aromatic rings. The van der Waals surface area contributed by atoms with Gasteiger partial charge in [-0.2, -0.15) is 8.42 Å². The van der Waals surface area contributed by atoms with Gasteiger partial charge in [0.2, 0.25) is 0 Å². The van der Waals surface area contributed by atoms with Crippen LogP contribution in [0.25, 0.3) is 0 Å². The molecule has 0 saturated heterocycles. The highest BCUT2D eigenvalue weighted by Crippen LogP contribution is 2.60. The van der Waals surface area contributed by atoms with Crippen LogP contribution in [0.3, 0.4) is 0 Å². The van der Waals surface area contributed by atoms with E-state index in [0.29, 0.717) is 17.8 Å². The minimum Gasteiger partial charge on any atom is -0.393 e. The molecule has 3 aliphatic rings. The summed E-state index contributed by atoms with van der Waals surface area (Å²) in [5.74, 6) is 1.83. The van der Waals surface area contributed by atoms with E-state index in [0.717, 1.165) is 44.1 Å². The van der Waals surface area contributed by atoms with Crippen LogP contribution in [0.5, 0.6) is 5.75 Å². The van der Waals surface area contributed by atoms with Crippen molar-refractivity contribution in [1.29, 1.82) is 0 Å². The molecule has 5 atom stereocenters. The molecule has 2 N–H and O–H groups in total. The smallest absolute Gasteiger partial charge is 0.393 e. The Kier molecular flexibility index (Phi) is 3.71. The van der Waals surface area contributed by atoms with Gasteiger partial charge in [0.15, 0.2) is 0 Å². The van der Waals surface area contributed by atoms with Crippen LogP contribution in [-0.4, -0.2) is 24.2 Å². The molecule has 4 rings (SSSR count). The molecule has 6 heteroatoms. The first kappa shape index (κ1) is 16.4. The molecule has 0 amide bonds. The predicted molar refractivity (Wildman–Crippen MR) is 89.2 cm³/mol. The molecule has 0 radical (unpaired) electrons. The topological polar surface area (TPSA) is 83.8 Å². The molecule has 5 nitrogen and oxygen atoms in total. The maximum atomic E-state index is 10.9. The highest BCUT2D eigenvalue weighted by molar-refractivity contribution is 7.81. The largest absolute Gasteiger partial charge is 0.446 e. The lowest BCUT2D eigenvalue weighted by Gasteiger charge is -2.50. The molecule has 0 aliphatic heterocycles. The Morgan fingerprint density at radius 1 is 1.21 bits per heavy atom. The second-order valence-corrected chi connectivity index (χ2v) is 8.95. The first-order valence-electron chi connectivity index (χ1n) is 8.76. The van der Waals surface area contributed by atoms with E-state index in [1.807, 2.05) is 6.07 Å². The van der Waals surface area contributed by atoms with E-state index in [9.17, 15) is 13.5 Å². The first-order chi connectivity index (χ1) is 11.3. The number of aliphatic hydroxyl groups excluding tert-OH is 1. The summed E-state index contributed by atoms with van der Waals surface area (Å²) in [6.07, 6.45) is 5.93. The van der Waals surface area contributed by atoms with Crippen molar-refractivity contribution in [1.82, 2.24) is 0 Å². The van der Waals surface area contributed by atoms with Crippen molar-refractivity contribution in [3.8, 4) is 5.75 Å².